The van der Waals surface area contributed by atoms with Gasteiger partial charge in [-0.25, -0.2) is 0 Å². The number of rotatable bonds is 19. The van der Waals surface area contributed by atoms with Crippen molar-refractivity contribution in [3.05, 3.63) is 108 Å². The molecule has 0 amide bonds. The first-order chi connectivity index (χ1) is 22.4. The highest BCUT2D eigenvalue weighted by Crippen LogP contribution is 2.25. The quantitative estimate of drug-likeness (QED) is 0.0767. The van der Waals surface area contributed by atoms with E-state index in [2.05, 4.69) is 0 Å². The Labute approximate surface area is 273 Å². The third kappa shape index (κ3) is 10.1. The Balaban J connectivity index is 1.15. The highest BCUT2D eigenvalue weighted by atomic mass is 16.5. The molecule has 0 spiro atoms. The minimum Gasteiger partial charge on any atom is -0.494 e. The Hall–Kier alpha value is -4.26. The summed E-state index contributed by atoms with van der Waals surface area (Å²) in [6, 6.07) is 31.3. The topological polar surface area (TPSA) is 71.1 Å². The van der Waals surface area contributed by atoms with Gasteiger partial charge in [-0.3, -0.25) is 9.59 Å². The summed E-state index contributed by atoms with van der Waals surface area (Å²) >= 11 is 0. The fraction of sp³-hybridized carbons (Fsp3) is 0.350. The lowest BCUT2D eigenvalue weighted by molar-refractivity contribution is 0.0477. The van der Waals surface area contributed by atoms with Gasteiger partial charge in [-0.2, -0.15) is 0 Å². The van der Waals surface area contributed by atoms with Gasteiger partial charge in [0.2, 0.25) is 0 Å². The molecule has 0 aliphatic carbocycles. The molecule has 2 atom stereocenters. The van der Waals surface area contributed by atoms with Crippen LogP contribution in [0.15, 0.2) is 97.1 Å². The summed E-state index contributed by atoms with van der Waals surface area (Å²) in [5.41, 5.74) is 5.54. The van der Waals surface area contributed by atoms with E-state index in [-0.39, 0.29) is 11.6 Å². The van der Waals surface area contributed by atoms with E-state index < -0.39 is 12.2 Å². The van der Waals surface area contributed by atoms with Gasteiger partial charge in [0.25, 0.3) is 0 Å². The number of benzene rings is 4. The first-order valence-electron chi connectivity index (χ1n) is 16.4. The lowest BCUT2D eigenvalue weighted by atomic mass is 10.0. The van der Waals surface area contributed by atoms with E-state index in [0.717, 1.165) is 59.4 Å². The third-order valence-corrected chi connectivity index (χ3v) is 7.67. The second-order valence-electron chi connectivity index (χ2n) is 11.4. The van der Waals surface area contributed by atoms with Crippen LogP contribution >= 0.6 is 0 Å². The predicted molar refractivity (Wildman–Crippen MR) is 184 cm³/mol. The molecule has 2 unspecified atom stereocenters. The molecule has 6 heteroatoms. The molecule has 0 bridgehead atoms. The molecule has 6 nitrogen and oxygen atoms in total. The zero-order valence-electron chi connectivity index (χ0n) is 27.5. The number of hydrogen-bond acceptors (Lipinski definition) is 6. The van der Waals surface area contributed by atoms with Crippen molar-refractivity contribution < 1.29 is 28.5 Å². The van der Waals surface area contributed by atoms with Crippen molar-refractivity contribution in [2.75, 3.05) is 26.4 Å². The fourth-order valence-electron chi connectivity index (χ4n) is 4.94. The number of carbonyl (C=O) groups excluding carboxylic acids is 2. The Morgan fingerprint density at radius 1 is 0.478 bits per heavy atom. The van der Waals surface area contributed by atoms with Crippen LogP contribution in [0.2, 0.25) is 0 Å². The summed E-state index contributed by atoms with van der Waals surface area (Å²) in [5, 5.41) is 0. The summed E-state index contributed by atoms with van der Waals surface area (Å²) < 4.78 is 23.0. The zero-order valence-corrected chi connectivity index (χ0v) is 27.5. The molecule has 0 fully saturated rings. The minimum atomic E-state index is -0.434. The number of ether oxygens (including phenoxy) is 4. The van der Waals surface area contributed by atoms with Gasteiger partial charge in [-0.1, -0.05) is 86.6 Å². The van der Waals surface area contributed by atoms with Crippen molar-refractivity contribution in [2.45, 2.75) is 65.6 Å². The Bertz CT molecular complexity index is 1370. The van der Waals surface area contributed by atoms with Crippen LogP contribution in [0.3, 0.4) is 0 Å². The van der Waals surface area contributed by atoms with Crippen LogP contribution in [0, 0.1) is 0 Å². The van der Waals surface area contributed by atoms with Gasteiger partial charge in [0.1, 0.15) is 23.7 Å². The number of hydrogen-bond donors (Lipinski definition) is 0. The maximum atomic E-state index is 12.5. The maximum Gasteiger partial charge on any atom is 0.191 e. The van der Waals surface area contributed by atoms with E-state index in [4.69, 9.17) is 18.9 Å². The van der Waals surface area contributed by atoms with Crippen LogP contribution < -0.4 is 9.47 Å². The molecule has 0 saturated heterocycles. The summed E-state index contributed by atoms with van der Waals surface area (Å²) in [5.74, 6) is 1.66. The van der Waals surface area contributed by atoms with E-state index in [1.807, 2.05) is 111 Å². The molecule has 4 aromatic rings. The van der Waals surface area contributed by atoms with Gasteiger partial charge in [0.15, 0.2) is 11.6 Å². The molecule has 4 rings (SSSR count). The Morgan fingerprint density at radius 3 is 1.09 bits per heavy atom. The minimum absolute atomic E-state index is 0.00346. The monoisotopic (exact) mass is 622 g/mol. The average molecular weight is 623 g/mol. The first kappa shape index (κ1) is 34.6. The van der Waals surface area contributed by atoms with Crippen molar-refractivity contribution in [3.63, 3.8) is 0 Å². The van der Waals surface area contributed by atoms with E-state index in [0.29, 0.717) is 37.6 Å². The van der Waals surface area contributed by atoms with Crippen molar-refractivity contribution in [3.8, 4) is 33.8 Å². The van der Waals surface area contributed by atoms with Crippen molar-refractivity contribution in [1.29, 1.82) is 0 Å². The van der Waals surface area contributed by atoms with Crippen LogP contribution in [-0.4, -0.2) is 50.2 Å². The Morgan fingerprint density at radius 2 is 0.783 bits per heavy atom. The summed E-state index contributed by atoms with van der Waals surface area (Å²) in [4.78, 5) is 25.1. The third-order valence-electron chi connectivity index (χ3n) is 7.67. The number of Topliss-reactive ketones (excluding diaryl/α,β-unsaturated/α-hetero) is 2. The second kappa shape index (κ2) is 18.0. The highest BCUT2D eigenvalue weighted by Gasteiger charge is 2.16. The largest absolute Gasteiger partial charge is 0.494 e. The van der Waals surface area contributed by atoms with E-state index in [1.165, 1.54) is 0 Å². The highest BCUT2D eigenvalue weighted by molar-refractivity contribution is 6.00. The van der Waals surface area contributed by atoms with Gasteiger partial charge in [-0.05, 0) is 86.1 Å². The van der Waals surface area contributed by atoms with Gasteiger partial charge < -0.3 is 18.9 Å². The van der Waals surface area contributed by atoms with Crippen molar-refractivity contribution in [1.82, 2.24) is 0 Å². The molecule has 0 saturated carbocycles. The lowest BCUT2D eigenvalue weighted by Gasteiger charge is -2.12. The predicted octanol–water partition coefficient (Wildman–Crippen LogP) is 9.25. The molecule has 0 aliphatic rings. The normalized spacial score (nSPS) is 12.3. The molecular formula is C40H46O6. The molecule has 0 aliphatic heterocycles. The van der Waals surface area contributed by atoms with E-state index in [9.17, 15) is 9.59 Å². The average Bonchev–Trinajstić information content (AvgIpc) is 3.11. The van der Waals surface area contributed by atoms with Crippen LogP contribution in [0.5, 0.6) is 11.5 Å². The van der Waals surface area contributed by atoms with Gasteiger partial charge in [0.05, 0.1) is 13.2 Å². The van der Waals surface area contributed by atoms with Gasteiger partial charge in [-0.15, -0.1) is 0 Å². The zero-order chi connectivity index (χ0) is 32.7. The van der Waals surface area contributed by atoms with Crippen molar-refractivity contribution >= 4 is 11.6 Å². The second-order valence-corrected chi connectivity index (χ2v) is 11.4. The molecule has 0 heterocycles. The van der Waals surface area contributed by atoms with Crippen LogP contribution in [0.25, 0.3) is 22.3 Å². The molecule has 46 heavy (non-hydrogen) atoms. The summed E-state index contributed by atoms with van der Waals surface area (Å²) in [6.07, 6.45) is 2.66. The SMILES string of the molecule is CCCOC(C)C(=O)c1ccc(-c2ccc(OCCCCOc3ccc(-c4ccc(C(=O)C(C)OCCC)cc4)cc3)cc2)cc1. The standard InChI is InChI=1S/C40H46O6/c1-5-25-43-29(3)39(41)35-13-9-31(10-14-35)33-17-21-37(22-18-33)45-27-7-8-28-46-38-23-19-34(20-24-38)32-11-15-36(16-12-32)40(42)30(4)44-26-6-2/h9-24,29-30H,5-8,25-28H2,1-4H3. The van der Waals surface area contributed by atoms with E-state index >= 15 is 0 Å². The lowest BCUT2D eigenvalue weighted by Crippen LogP contribution is -2.21. The summed E-state index contributed by atoms with van der Waals surface area (Å²) in [6.45, 7) is 10.1. The van der Waals surface area contributed by atoms with Gasteiger partial charge in [0, 0.05) is 24.3 Å². The smallest absolute Gasteiger partial charge is 0.191 e. The summed E-state index contributed by atoms with van der Waals surface area (Å²) in [7, 11) is 0. The molecular weight excluding hydrogens is 576 g/mol. The molecule has 242 valence electrons. The van der Waals surface area contributed by atoms with Crippen LogP contribution in [0.1, 0.15) is 74.1 Å². The Kier molecular flexibility index (Phi) is 13.6. The molecule has 0 N–H and O–H groups in total. The number of unbranched alkanes of at least 4 members (excludes halogenated alkanes) is 1. The first-order valence-corrected chi connectivity index (χ1v) is 16.4. The maximum absolute atomic E-state index is 12.5. The fourth-order valence-corrected chi connectivity index (χ4v) is 4.94. The van der Waals surface area contributed by atoms with Crippen LogP contribution in [-0.2, 0) is 9.47 Å². The molecule has 0 radical (unpaired) electrons. The van der Waals surface area contributed by atoms with Crippen molar-refractivity contribution in [2.24, 2.45) is 0 Å². The number of carbonyl (C=O) groups is 2. The van der Waals surface area contributed by atoms with E-state index in [1.54, 1.807) is 13.8 Å². The van der Waals surface area contributed by atoms with Gasteiger partial charge >= 0.3 is 0 Å². The van der Waals surface area contributed by atoms with Crippen LogP contribution in [0.4, 0.5) is 0 Å². The molecule has 0 aromatic heterocycles. The molecule has 4 aromatic carbocycles. The number of ketones is 2.